The summed E-state index contributed by atoms with van der Waals surface area (Å²) >= 11 is 0. The first-order valence-corrected chi connectivity index (χ1v) is 11.9. The molecular weight excluding hydrogens is 422 g/mol. The van der Waals surface area contributed by atoms with Crippen LogP contribution >= 0.6 is 0 Å². The van der Waals surface area contributed by atoms with Crippen molar-refractivity contribution in [2.75, 3.05) is 5.73 Å². The van der Waals surface area contributed by atoms with E-state index in [2.05, 4.69) is 58.2 Å². The highest BCUT2D eigenvalue weighted by Gasteiger charge is 2.60. The van der Waals surface area contributed by atoms with Crippen molar-refractivity contribution in [1.82, 2.24) is 4.57 Å². The summed E-state index contributed by atoms with van der Waals surface area (Å²) in [4.78, 5) is 0. The maximum atomic E-state index is 11.7. The van der Waals surface area contributed by atoms with Crippen LogP contribution < -0.4 is 10.3 Å². The zero-order chi connectivity index (χ0) is 24.4. The van der Waals surface area contributed by atoms with Gasteiger partial charge in [0.1, 0.15) is 16.9 Å². The van der Waals surface area contributed by atoms with Crippen LogP contribution in [0.15, 0.2) is 53.2 Å². The number of nitrogen functional groups attached to an aromatic ring is 1. The van der Waals surface area contributed by atoms with Crippen LogP contribution in [0.5, 0.6) is 5.75 Å². The predicted octanol–water partition coefficient (Wildman–Crippen LogP) is 6.24. The van der Waals surface area contributed by atoms with Crippen LogP contribution in [0.25, 0.3) is 38.7 Å². The van der Waals surface area contributed by atoms with E-state index in [1.165, 1.54) is 0 Å². The summed E-state index contributed by atoms with van der Waals surface area (Å²) in [6.07, 6.45) is 2.00. The molecule has 174 valence electrons. The molecule has 0 saturated heterocycles. The Hall–Kier alpha value is -3.47. The van der Waals surface area contributed by atoms with Crippen LogP contribution in [0.4, 0.5) is 5.69 Å². The smallest absolute Gasteiger partial charge is 0.249 e. The minimum absolute atomic E-state index is 0.106. The molecule has 0 bridgehead atoms. The molecule has 0 spiro atoms. The van der Waals surface area contributed by atoms with E-state index in [1.54, 1.807) is 0 Å². The SMILES string of the molecule is C[n+]1cn(-c2ccc3oc4ccccc4c3c2)c2c(N)c3c(c(O)c21)C(C)(C)C(C)(C)C3(C)C. The van der Waals surface area contributed by atoms with Gasteiger partial charge in [-0.1, -0.05) is 59.7 Å². The lowest BCUT2D eigenvalue weighted by Crippen LogP contribution is -2.42. The fraction of sp³-hybridized carbons (Fsp3) is 0.345. The first kappa shape index (κ1) is 21.1. The average Bonchev–Trinajstić information content (AvgIpc) is 3.35. The Morgan fingerprint density at radius 3 is 2.26 bits per heavy atom. The number of hydrogen-bond acceptors (Lipinski definition) is 3. The number of fused-ring (bicyclic) bond motifs is 5. The Morgan fingerprint density at radius 1 is 0.882 bits per heavy atom. The molecule has 5 heteroatoms. The number of nitrogens with two attached hydrogens (primary N) is 1. The molecule has 34 heavy (non-hydrogen) atoms. The molecule has 1 aliphatic rings. The van der Waals surface area contributed by atoms with E-state index in [9.17, 15) is 5.11 Å². The fourth-order valence-corrected chi connectivity index (χ4v) is 6.32. The first-order valence-electron chi connectivity index (χ1n) is 11.9. The Morgan fingerprint density at radius 2 is 1.53 bits per heavy atom. The number of hydrogen-bond donors (Lipinski definition) is 2. The number of benzene rings is 3. The zero-order valence-electron chi connectivity index (χ0n) is 20.9. The van der Waals surface area contributed by atoms with E-state index >= 15 is 0 Å². The molecule has 0 radical (unpaired) electrons. The molecule has 0 saturated carbocycles. The minimum Gasteiger partial charge on any atom is -0.504 e. The number of furan rings is 1. The number of phenols is 1. The maximum absolute atomic E-state index is 11.7. The molecule has 0 amide bonds. The van der Waals surface area contributed by atoms with Crippen molar-refractivity contribution in [3.8, 4) is 11.4 Å². The largest absolute Gasteiger partial charge is 0.504 e. The number of rotatable bonds is 1. The van der Waals surface area contributed by atoms with Gasteiger partial charge in [-0.3, -0.25) is 0 Å². The van der Waals surface area contributed by atoms with Crippen molar-refractivity contribution >= 4 is 38.7 Å². The first-order chi connectivity index (χ1) is 15.9. The summed E-state index contributed by atoms with van der Waals surface area (Å²) in [5.74, 6) is 0.332. The van der Waals surface area contributed by atoms with Crippen LogP contribution in [0, 0.1) is 5.41 Å². The van der Waals surface area contributed by atoms with Crippen LogP contribution in [0.2, 0.25) is 0 Å². The average molecular weight is 455 g/mol. The Balaban J connectivity index is 1.72. The molecular formula is C29H32N3O2+. The predicted molar refractivity (Wildman–Crippen MR) is 138 cm³/mol. The van der Waals surface area contributed by atoms with E-state index in [4.69, 9.17) is 10.2 Å². The number of nitrogens with zero attached hydrogens (tertiary/aromatic N) is 2. The molecule has 0 unspecified atom stereocenters. The Labute approximate surface area is 199 Å². The van der Waals surface area contributed by atoms with Crippen molar-refractivity contribution < 1.29 is 14.1 Å². The summed E-state index contributed by atoms with van der Waals surface area (Å²) in [5, 5.41) is 13.9. The lowest BCUT2D eigenvalue weighted by Gasteiger charge is -2.44. The van der Waals surface area contributed by atoms with E-state index in [0.717, 1.165) is 55.5 Å². The standard InChI is InChI=1S/C29H31N3O2/c1-27(2)21-22(28(3,4)29(27,5)6)26(33)25-24(23(21)30)32(15-31(25)7)16-12-13-20-18(14-16)17-10-8-9-11-19(17)34-20/h8-15H,30H2,1-7H3/p+1. The lowest BCUT2D eigenvalue weighted by molar-refractivity contribution is -0.645. The Kier molecular flexibility index (Phi) is 3.81. The molecule has 6 rings (SSSR count). The van der Waals surface area contributed by atoms with Gasteiger partial charge in [0, 0.05) is 16.3 Å². The normalized spacial score (nSPS) is 18.2. The van der Waals surface area contributed by atoms with E-state index in [0.29, 0.717) is 5.75 Å². The van der Waals surface area contributed by atoms with Gasteiger partial charge in [-0.15, -0.1) is 0 Å². The third-order valence-electron chi connectivity index (χ3n) is 9.36. The van der Waals surface area contributed by atoms with Crippen LogP contribution in [0.3, 0.4) is 0 Å². The van der Waals surface area contributed by atoms with Gasteiger partial charge < -0.3 is 15.3 Å². The van der Waals surface area contributed by atoms with Crippen molar-refractivity contribution in [2.24, 2.45) is 12.5 Å². The monoisotopic (exact) mass is 454 g/mol. The molecule has 1 aliphatic carbocycles. The summed E-state index contributed by atoms with van der Waals surface area (Å²) < 4.78 is 10.1. The van der Waals surface area contributed by atoms with Gasteiger partial charge in [0.2, 0.25) is 17.4 Å². The highest BCUT2D eigenvalue weighted by Crippen LogP contribution is 2.65. The number of aromatic hydroxyl groups is 1. The number of phenolic OH excluding ortho intramolecular Hbond substituents is 1. The van der Waals surface area contributed by atoms with Crippen molar-refractivity contribution in [3.05, 3.63) is 59.9 Å². The van der Waals surface area contributed by atoms with Crippen molar-refractivity contribution in [3.63, 3.8) is 0 Å². The minimum atomic E-state index is -0.248. The van der Waals surface area contributed by atoms with Gasteiger partial charge in [0.25, 0.3) is 0 Å². The topological polar surface area (TPSA) is 68.2 Å². The van der Waals surface area contributed by atoms with E-state index in [1.807, 2.05) is 48.3 Å². The second-order valence-electron chi connectivity index (χ2n) is 11.5. The fourth-order valence-electron chi connectivity index (χ4n) is 6.32. The molecule has 3 aromatic carbocycles. The molecule has 2 heterocycles. The third kappa shape index (κ3) is 2.23. The van der Waals surface area contributed by atoms with Crippen LogP contribution in [-0.2, 0) is 17.9 Å². The third-order valence-corrected chi connectivity index (χ3v) is 9.36. The zero-order valence-corrected chi connectivity index (χ0v) is 20.9. The molecule has 5 nitrogen and oxygen atoms in total. The molecule has 0 atom stereocenters. The number of imidazole rings is 1. The number of para-hydroxylation sites is 1. The van der Waals surface area contributed by atoms with Gasteiger partial charge in [0.15, 0.2) is 5.75 Å². The quantitative estimate of drug-likeness (QED) is 0.179. The summed E-state index contributed by atoms with van der Waals surface area (Å²) in [6.45, 7) is 13.5. The number of aromatic nitrogens is 2. The van der Waals surface area contributed by atoms with Gasteiger partial charge in [0.05, 0.1) is 12.7 Å². The van der Waals surface area contributed by atoms with Gasteiger partial charge in [-0.25, -0.2) is 4.57 Å². The summed E-state index contributed by atoms with van der Waals surface area (Å²) in [6, 6.07) is 14.3. The van der Waals surface area contributed by atoms with Crippen molar-refractivity contribution in [1.29, 1.82) is 0 Å². The van der Waals surface area contributed by atoms with E-state index < -0.39 is 0 Å². The maximum Gasteiger partial charge on any atom is 0.249 e. The highest BCUT2D eigenvalue weighted by molar-refractivity contribution is 6.06. The molecule has 3 N–H and O–H groups in total. The van der Waals surface area contributed by atoms with Gasteiger partial charge in [-0.2, -0.15) is 4.57 Å². The Bertz CT molecular complexity index is 1660. The lowest BCUT2D eigenvalue weighted by atomic mass is 9.59. The van der Waals surface area contributed by atoms with E-state index in [-0.39, 0.29) is 16.2 Å². The second kappa shape index (κ2) is 6.15. The molecule has 2 aromatic heterocycles. The van der Waals surface area contributed by atoms with Crippen LogP contribution in [0.1, 0.15) is 52.7 Å². The van der Waals surface area contributed by atoms with Gasteiger partial charge >= 0.3 is 0 Å². The second-order valence-corrected chi connectivity index (χ2v) is 11.5. The van der Waals surface area contributed by atoms with Crippen LogP contribution in [-0.4, -0.2) is 9.67 Å². The highest BCUT2D eigenvalue weighted by atomic mass is 16.3. The molecule has 0 aliphatic heterocycles. The molecule has 5 aromatic rings. The molecule has 0 fully saturated rings. The van der Waals surface area contributed by atoms with Crippen molar-refractivity contribution in [2.45, 2.75) is 52.4 Å². The number of anilines is 1. The summed E-state index contributed by atoms with van der Waals surface area (Å²) in [7, 11) is 1.97. The van der Waals surface area contributed by atoms with Gasteiger partial charge in [-0.05, 0) is 46.1 Å². The summed E-state index contributed by atoms with van der Waals surface area (Å²) in [5.41, 5.74) is 13.5. The number of aryl methyl sites for hydroxylation is 1.